The molecular weight excluding hydrogens is 278 g/mol. The fraction of sp³-hybridized carbons (Fsp3) is 0.722. The first kappa shape index (κ1) is 15.6. The van der Waals surface area contributed by atoms with E-state index in [0.29, 0.717) is 5.76 Å². The number of likely N-dealkylation sites (tertiary alicyclic amines) is 1. The lowest BCUT2D eigenvalue weighted by Crippen LogP contribution is -2.32. The number of rotatable bonds is 1. The van der Waals surface area contributed by atoms with Gasteiger partial charge in [0.05, 0.1) is 6.10 Å². The van der Waals surface area contributed by atoms with E-state index < -0.39 is 6.10 Å². The van der Waals surface area contributed by atoms with E-state index in [1.165, 1.54) is 12.8 Å². The maximum absolute atomic E-state index is 12.8. The van der Waals surface area contributed by atoms with Gasteiger partial charge in [0.25, 0.3) is 5.91 Å². The minimum atomic E-state index is -0.520. The van der Waals surface area contributed by atoms with Crippen molar-refractivity contribution >= 4 is 5.91 Å². The quantitative estimate of drug-likeness (QED) is 0.862. The van der Waals surface area contributed by atoms with Crippen LogP contribution >= 0.6 is 0 Å². The molecule has 4 nitrogen and oxygen atoms in total. The number of nitrogens with zero attached hydrogens (tertiary/aromatic N) is 1. The van der Waals surface area contributed by atoms with E-state index in [9.17, 15) is 9.90 Å². The van der Waals surface area contributed by atoms with Gasteiger partial charge in [-0.3, -0.25) is 4.79 Å². The Hall–Kier alpha value is -1.29. The first-order valence-corrected chi connectivity index (χ1v) is 8.48. The molecule has 1 fully saturated rings. The van der Waals surface area contributed by atoms with Gasteiger partial charge in [0, 0.05) is 30.6 Å². The number of aliphatic hydroxyl groups is 1. The summed E-state index contributed by atoms with van der Waals surface area (Å²) >= 11 is 0. The van der Waals surface area contributed by atoms with Crippen molar-refractivity contribution in [2.45, 2.75) is 65.4 Å². The predicted molar refractivity (Wildman–Crippen MR) is 84.9 cm³/mol. The number of carbonyl (C=O) groups excluding carboxylic acids is 1. The average Bonchev–Trinajstić information content (AvgIpc) is 2.64. The summed E-state index contributed by atoms with van der Waals surface area (Å²) < 4.78 is 5.95. The first-order valence-electron chi connectivity index (χ1n) is 8.48. The molecule has 3 rings (SSSR count). The maximum Gasteiger partial charge on any atom is 0.289 e. The van der Waals surface area contributed by atoms with Crippen LogP contribution in [0, 0.1) is 12.3 Å². The molecule has 122 valence electrons. The number of carbonyl (C=O) groups is 1. The van der Waals surface area contributed by atoms with Crippen LogP contribution in [-0.4, -0.2) is 29.0 Å². The number of hydrogen-bond acceptors (Lipinski definition) is 3. The molecule has 22 heavy (non-hydrogen) atoms. The van der Waals surface area contributed by atoms with Gasteiger partial charge in [-0.05, 0) is 31.6 Å². The van der Waals surface area contributed by atoms with Gasteiger partial charge < -0.3 is 14.4 Å². The predicted octanol–water partition coefficient (Wildman–Crippen LogP) is 3.61. The summed E-state index contributed by atoms with van der Waals surface area (Å²) in [6.45, 7) is 7.81. The lowest BCUT2D eigenvalue weighted by atomic mass is 9.75. The second-order valence-corrected chi connectivity index (χ2v) is 7.66. The highest BCUT2D eigenvalue weighted by molar-refractivity contribution is 5.93. The van der Waals surface area contributed by atoms with Crippen molar-refractivity contribution in [1.29, 1.82) is 0 Å². The SMILES string of the molecule is Cc1c(C(=O)N2CCCCCC2)oc2c1[C@H](O)CC(C)(C)C2. The van der Waals surface area contributed by atoms with Crippen LogP contribution in [0.15, 0.2) is 4.42 Å². The minimum Gasteiger partial charge on any atom is -0.455 e. The Morgan fingerprint density at radius 2 is 1.86 bits per heavy atom. The molecule has 1 saturated heterocycles. The summed E-state index contributed by atoms with van der Waals surface area (Å²) in [6.07, 6.45) is 5.52. The van der Waals surface area contributed by atoms with Crippen molar-refractivity contribution in [2.24, 2.45) is 5.41 Å². The molecule has 1 atom stereocenters. The van der Waals surface area contributed by atoms with Crippen LogP contribution in [0.3, 0.4) is 0 Å². The van der Waals surface area contributed by atoms with Gasteiger partial charge in [0.15, 0.2) is 5.76 Å². The lowest BCUT2D eigenvalue weighted by molar-refractivity contribution is 0.0718. The topological polar surface area (TPSA) is 53.7 Å². The summed E-state index contributed by atoms with van der Waals surface area (Å²) in [5, 5.41) is 10.4. The fourth-order valence-corrected chi connectivity index (χ4v) is 3.91. The normalized spacial score (nSPS) is 24.7. The Bertz CT molecular complexity index is 565. The van der Waals surface area contributed by atoms with Gasteiger partial charge in [-0.25, -0.2) is 0 Å². The molecule has 0 aromatic carbocycles. The van der Waals surface area contributed by atoms with Gasteiger partial charge in [-0.15, -0.1) is 0 Å². The van der Waals surface area contributed by atoms with E-state index in [4.69, 9.17) is 4.42 Å². The Balaban J connectivity index is 1.91. The Morgan fingerprint density at radius 3 is 2.50 bits per heavy atom. The standard InChI is InChI=1S/C18H27NO3/c1-12-15-13(20)10-18(2,3)11-14(15)22-16(12)17(21)19-8-6-4-5-7-9-19/h13,20H,4-11H2,1-3H3/t13-/m1/s1. The van der Waals surface area contributed by atoms with Crippen LogP contribution in [-0.2, 0) is 6.42 Å². The fourth-order valence-electron chi connectivity index (χ4n) is 3.91. The highest BCUT2D eigenvalue weighted by Crippen LogP contribution is 2.44. The van der Waals surface area contributed by atoms with Gasteiger partial charge in [0.2, 0.25) is 0 Å². The van der Waals surface area contributed by atoms with Crippen molar-refractivity contribution in [3.63, 3.8) is 0 Å². The molecule has 1 aromatic heterocycles. The van der Waals surface area contributed by atoms with Gasteiger partial charge in [-0.2, -0.15) is 0 Å². The molecule has 2 heterocycles. The molecule has 1 amide bonds. The van der Waals surface area contributed by atoms with Crippen molar-refractivity contribution in [3.8, 4) is 0 Å². The van der Waals surface area contributed by atoms with Crippen LogP contribution < -0.4 is 0 Å². The third kappa shape index (κ3) is 2.81. The summed E-state index contributed by atoms with van der Waals surface area (Å²) in [7, 11) is 0. The molecule has 0 radical (unpaired) electrons. The second kappa shape index (κ2) is 5.73. The zero-order chi connectivity index (χ0) is 15.9. The van der Waals surface area contributed by atoms with Gasteiger partial charge in [-0.1, -0.05) is 26.7 Å². The summed E-state index contributed by atoms with van der Waals surface area (Å²) in [5.41, 5.74) is 1.71. The molecule has 0 unspecified atom stereocenters. The monoisotopic (exact) mass is 305 g/mol. The van der Waals surface area contributed by atoms with E-state index in [1.807, 2.05) is 11.8 Å². The second-order valence-electron chi connectivity index (χ2n) is 7.66. The van der Waals surface area contributed by atoms with Crippen LogP contribution in [0.2, 0.25) is 0 Å². The van der Waals surface area contributed by atoms with Gasteiger partial charge >= 0.3 is 0 Å². The lowest BCUT2D eigenvalue weighted by Gasteiger charge is -2.31. The molecule has 0 spiro atoms. The van der Waals surface area contributed by atoms with Crippen LogP contribution in [0.1, 0.15) is 79.5 Å². The zero-order valence-corrected chi connectivity index (χ0v) is 13.9. The van der Waals surface area contributed by atoms with E-state index >= 15 is 0 Å². The third-order valence-electron chi connectivity index (χ3n) is 5.08. The largest absolute Gasteiger partial charge is 0.455 e. The molecule has 0 bridgehead atoms. The van der Waals surface area contributed by atoms with Crippen molar-refractivity contribution in [1.82, 2.24) is 4.90 Å². The van der Waals surface area contributed by atoms with E-state index in [2.05, 4.69) is 13.8 Å². The molecule has 2 aliphatic rings. The Labute approximate surface area is 132 Å². The summed E-state index contributed by atoms with van der Waals surface area (Å²) in [4.78, 5) is 14.7. The summed E-state index contributed by atoms with van der Waals surface area (Å²) in [5.74, 6) is 1.25. The third-order valence-corrected chi connectivity index (χ3v) is 5.08. The zero-order valence-electron chi connectivity index (χ0n) is 13.9. The molecule has 1 N–H and O–H groups in total. The van der Waals surface area contributed by atoms with Crippen LogP contribution in [0.5, 0.6) is 0 Å². The molecule has 0 saturated carbocycles. The molecule has 1 aliphatic carbocycles. The number of hydrogen-bond donors (Lipinski definition) is 1. The van der Waals surface area contributed by atoms with Crippen molar-refractivity contribution < 1.29 is 14.3 Å². The maximum atomic E-state index is 12.8. The van der Waals surface area contributed by atoms with E-state index in [1.54, 1.807) is 0 Å². The molecule has 1 aliphatic heterocycles. The molecular formula is C18H27NO3. The average molecular weight is 305 g/mol. The highest BCUT2D eigenvalue weighted by atomic mass is 16.4. The van der Waals surface area contributed by atoms with Crippen LogP contribution in [0.4, 0.5) is 0 Å². The smallest absolute Gasteiger partial charge is 0.289 e. The first-order chi connectivity index (χ1) is 10.4. The van der Waals surface area contributed by atoms with Crippen LogP contribution in [0.25, 0.3) is 0 Å². The number of aliphatic hydroxyl groups excluding tert-OH is 1. The van der Waals surface area contributed by atoms with Crippen molar-refractivity contribution in [2.75, 3.05) is 13.1 Å². The van der Waals surface area contributed by atoms with E-state index in [-0.39, 0.29) is 11.3 Å². The van der Waals surface area contributed by atoms with Crippen molar-refractivity contribution in [3.05, 3.63) is 22.6 Å². The van der Waals surface area contributed by atoms with E-state index in [0.717, 1.165) is 55.7 Å². The number of fused-ring (bicyclic) bond motifs is 1. The Kier molecular flexibility index (Phi) is 4.06. The number of amides is 1. The Morgan fingerprint density at radius 1 is 1.23 bits per heavy atom. The molecule has 1 aromatic rings. The highest BCUT2D eigenvalue weighted by Gasteiger charge is 2.37. The summed E-state index contributed by atoms with van der Waals surface area (Å²) in [6, 6.07) is 0. The van der Waals surface area contributed by atoms with Gasteiger partial charge in [0.1, 0.15) is 5.76 Å². The number of furan rings is 1. The molecule has 4 heteroatoms. The minimum absolute atomic E-state index is 0.00111.